The van der Waals surface area contributed by atoms with Gasteiger partial charge in [-0.1, -0.05) is 240 Å². The van der Waals surface area contributed by atoms with Crippen molar-refractivity contribution in [1.82, 2.24) is 15.0 Å². The van der Waals surface area contributed by atoms with Gasteiger partial charge in [0.1, 0.15) is 5.75 Å². The lowest BCUT2D eigenvalue weighted by atomic mass is 9.93. The van der Waals surface area contributed by atoms with Gasteiger partial charge in [-0.2, -0.15) is 21.6 Å². The summed E-state index contributed by atoms with van der Waals surface area (Å²) in [6.45, 7) is 0. The van der Waals surface area contributed by atoms with Crippen molar-refractivity contribution in [1.29, 1.82) is 0 Å². The van der Waals surface area contributed by atoms with Crippen molar-refractivity contribution >= 4 is 156 Å². The molecule has 3 aromatic heterocycles. The molecule has 0 aliphatic rings. The molecule has 0 radical (unpaired) electrons. The predicted molar refractivity (Wildman–Crippen MR) is 411 cm³/mol. The molecule has 16 aromatic carbocycles. The molecule has 0 saturated heterocycles. The van der Waals surface area contributed by atoms with Crippen LogP contribution in [0.3, 0.4) is 0 Å². The average Bonchev–Trinajstić information content (AvgIpc) is 0.748. The molecule has 0 amide bonds. The molecule has 0 aliphatic heterocycles. The Morgan fingerprint density at radius 2 is 0.740 bits per heavy atom. The molecule has 0 aliphatic carbocycles. The van der Waals surface area contributed by atoms with Crippen LogP contribution in [0.5, 0.6) is 5.75 Å². The van der Waals surface area contributed by atoms with Gasteiger partial charge in [0.15, 0.2) is 5.43 Å². The molecule has 478 valence electrons. The molecule has 19 aromatic rings. The molecule has 0 bridgehead atoms. The van der Waals surface area contributed by atoms with Crippen LogP contribution in [0.2, 0.25) is 0 Å². The minimum atomic E-state index is -5.77. The number of nitrogens with one attached hydrogen (secondary N) is 1. The first-order chi connectivity index (χ1) is 48.7. The van der Waals surface area contributed by atoms with Gasteiger partial charge < -0.3 is 9.17 Å². The zero-order valence-corrected chi connectivity index (χ0v) is 55.4. The van der Waals surface area contributed by atoms with Gasteiger partial charge in [-0.05, 0) is 172 Å². The number of benzene rings is 16. The van der Waals surface area contributed by atoms with Crippen molar-refractivity contribution in [2.75, 3.05) is 0 Å². The molecule has 0 fully saturated rings. The number of halogens is 4. The highest BCUT2D eigenvalue weighted by Gasteiger charge is 2.48. The summed E-state index contributed by atoms with van der Waals surface area (Å²) in [7, 11) is -5.77. The molecule has 1 N–H and O–H groups in total. The topological polar surface area (TPSA) is 102 Å². The Morgan fingerprint density at radius 3 is 1.31 bits per heavy atom. The summed E-state index contributed by atoms with van der Waals surface area (Å²) in [5.41, 5.74) is 5.94. The lowest BCUT2D eigenvalue weighted by Crippen LogP contribution is -2.28. The summed E-state index contributed by atoms with van der Waals surface area (Å²) in [6.07, 6.45) is 0. The SMILES string of the molecule is Brc1cccc(-c2ccc3c(ccc4c(-c5ccc6ccccc6c5)nc5ccccc5c43)c2)c1.O=S(=O)(Oc1ccc2c(ccc3c(-c4ccc5ccccc5c4)nc4ccccc4c32)c1)C(F)(F)F.O=c1ccc2c(ccc3c(-c4ccc5ccccc5c4)[nH]c4ccccc4c32)c1. The van der Waals surface area contributed by atoms with Crippen LogP contribution in [0.25, 0.3) is 175 Å². The van der Waals surface area contributed by atoms with Crippen molar-refractivity contribution in [3.63, 3.8) is 0 Å². The highest BCUT2D eigenvalue weighted by atomic mass is 79.9. The lowest BCUT2D eigenvalue weighted by Gasteiger charge is -2.14. The summed E-state index contributed by atoms with van der Waals surface area (Å²) in [5.74, 6) is -0.410. The van der Waals surface area contributed by atoms with Gasteiger partial charge in [0, 0.05) is 69.6 Å². The fraction of sp³-hybridized carbons (Fsp3) is 0.0114. The van der Waals surface area contributed by atoms with Gasteiger partial charge in [-0.15, -0.1) is 0 Å². The Bertz CT molecular complexity index is 6780. The lowest BCUT2D eigenvalue weighted by molar-refractivity contribution is -0.0500. The molecule has 19 rings (SSSR count). The zero-order valence-electron chi connectivity index (χ0n) is 53.0. The molecule has 7 nitrogen and oxygen atoms in total. The van der Waals surface area contributed by atoms with Crippen molar-refractivity contribution in [2.45, 2.75) is 5.51 Å². The van der Waals surface area contributed by atoms with Crippen LogP contribution in [0.4, 0.5) is 13.2 Å². The quantitative estimate of drug-likeness (QED) is 0.101. The van der Waals surface area contributed by atoms with E-state index in [-0.39, 0.29) is 5.43 Å². The van der Waals surface area contributed by atoms with Crippen LogP contribution in [-0.4, -0.2) is 28.9 Å². The van der Waals surface area contributed by atoms with Crippen molar-refractivity contribution < 1.29 is 25.8 Å². The smallest absolute Gasteiger partial charge is 0.376 e. The number of hydrogen-bond acceptors (Lipinski definition) is 6. The van der Waals surface area contributed by atoms with Crippen molar-refractivity contribution in [2.24, 2.45) is 0 Å². The first-order valence-electron chi connectivity index (χ1n) is 32.5. The number of pyridine rings is 3. The van der Waals surface area contributed by atoms with Gasteiger partial charge in [0.25, 0.3) is 0 Å². The molecule has 0 spiro atoms. The Balaban J connectivity index is 0.000000113. The number of H-pyrrole nitrogens is 1. The van der Waals surface area contributed by atoms with E-state index < -0.39 is 21.4 Å². The van der Waals surface area contributed by atoms with Gasteiger partial charge in [-0.25, -0.2) is 9.97 Å². The Hall–Kier alpha value is -12.1. The molecular formula is C88H53BrF3N3O4S. The predicted octanol–water partition coefficient (Wildman–Crippen LogP) is 24.0. The normalized spacial score (nSPS) is 11.9. The number of para-hydroxylation sites is 3. The first-order valence-corrected chi connectivity index (χ1v) is 34.7. The first kappa shape index (κ1) is 61.5. The Labute approximate surface area is 578 Å². The monoisotopic (exact) mass is 1380 g/mol. The maximum absolute atomic E-state index is 12.8. The van der Waals surface area contributed by atoms with E-state index in [1.165, 1.54) is 77.1 Å². The third-order valence-electron chi connectivity index (χ3n) is 18.8. The summed E-state index contributed by atoms with van der Waals surface area (Å²) in [4.78, 5) is 25.7. The van der Waals surface area contributed by atoms with Crippen molar-refractivity contribution in [3.05, 3.63) is 330 Å². The van der Waals surface area contributed by atoms with Gasteiger partial charge in [0.05, 0.1) is 28.1 Å². The number of hydrogen-bond donors (Lipinski definition) is 1. The van der Waals surface area contributed by atoms with Gasteiger partial charge in [0.2, 0.25) is 0 Å². The second kappa shape index (κ2) is 24.8. The van der Waals surface area contributed by atoms with E-state index in [0.29, 0.717) is 5.39 Å². The van der Waals surface area contributed by atoms with Crippen LogP contribution in [0, 0.1) is 0 Å². The molecule has 3 heterocycles. The summed E-state index contributed by atoms with van der Waals surface area (Å²) in [6, 6.07) is 106. The zero-order chi connectivity index (χ0) is 67.8. The summed E-state index contributed by atoms with van der Waals surface area (Å²) >= 11 is 3.61. The second-order valence-electron chi connectivity index (χ2n) is 24.8. The van der Waals surface area contributed by atoms with Gasteiger partial charge >= 0.3 is 15.6 Å². The maximum Gasteiger partial charge on any atom is 0.534 e. The van der Waals surface area contributed by atoms with Crippen LogP contribution in [-0.2, 0) is 10.1 Å². The van der Waals surface area contributed by atoms with E-state index in [1.54, 1.807) is 24.3 Å². The van der Waals surface area contributed by atoms with Crippen LogP contribution in [0.15, 0.2) is 325 Å². The number of aromatic amines is 1. The van der Waals surface area contributed by atoms with Gasteiger partial charge in [-0.3, -0.25) is 4.79 Å². The summed E-state index contributed by atoms with van der Waals surface area (Å²) < 4.78 is 66.8. The van der Waals surface area contributed by atoms with E-state index >= 15 is 0 Å². The highest BCUT2D eigenvalue weighted by molar-refractivity contribution is 9.10. The third-order valence-corrected chi connectivity index (χ3v) is 20.3. The average molecular weight is 1390 g/mol. The van der Waals surface area contributed by atoms with Crippen LogP contribution >= 0.6 is 15.9 Å². The Kier molecular flexibility index (Phi) is 15.2. The minimum Gasteiger partial charge on any atom is -0.376 e. The highest BCUT2D eigenvalue weighted by Crippen LogP contribution is 2.43. The van der Waals surface area contributed by atoms with E-state index in [2.05, 4.69) is 225 Å². The molecule has 0 unspecified atom stereocenters. The fourth-order valence-electron chi connectivity index (χ4n) is 14.1. The molecular weight excluding hydrogens is 1330 g/mol. The van der Waals surface area contributed by atoms with Crippen LogP contribution < -0.4 is 9.61 Å². The second-order valence-corrected chi connectivity index (χ2v) is 27.3. The fourth-order valence-corrected chi connectivity index (χ4v) is 15.0. The standard InChI is InChI=1S/C33H20BrN.C28H16F3NO3S.C27H17NO/c34-27-9-5-8-23(20-27)24-14-16-28-25(18-24)15-17-30-32(28)29-10-3-4-11-31(29)35-33(30)26-13-12-21-6-1-2-7-22(21)19-26;29-28(30,31)36(33,34)35-21-12-14-22-19(16-21)11-13-24-26(22)23-7-3-4-8-25(23)32-27(24)20-10-9-17-5-1-2-6-18(17)15-20;29-21-12-14-22-19(16-21)11-13-24-26(22)23-7-3-4-8-25(23)28-27(24)20-10-9-17-5-1-2-6-18(17)15-20/h1-20H;1-16H;1-16,28H. The van der Waals surface area contributed by atoms with E-state index in [0.717, 1.165) is 109 Å². The maximum atomic E-state index is 12.8. The van der Waals surface area contributed by atoms with E-state index in [9.17, 15) is 26.4 Å². The number of rotatable bonds is 6. The molecule has 0 saturated carbocycles. The summed E-state index contributed by atoms with van der Waals surface area (Å²) in [5, 5.41) is 22.7. The van der Waals surface area contributed by atoms with E-state index in [4.69, 9.17) is 9.97 Å². The third kappa shape index (κ3) is 11.2. The molecule has 0 atom stereocenters. The molecule has 100 heavy (non-hydrogen) atoms. The minimum absolute atomic E-state index is 0.0402. The number of aromatic nitrogens is 3. The largest absolute Gasteiger partial charge is 0.534 e. The number of alkyl halides is 3. The molecule has 12 heteroatoms. The number of fused-ring (bicyclic) bond motifs is 18. The number of nitrogens with zero attached hydrogens (tertiary/aromatic N) is 2. The van der Waals surface area contributed by atoms with E-state index in [1.807, 2.05) is 78.9 Å². The Morgan fingerprint density at radius 1 is 0.330 bits per heavy atom. The van der Waals surface area contributed by atoms with Crippen molar-refractivity contribution in [3.8, 4) is 50.6 Å². The van der Waals surface area contributed by atoms with Crippen LogP contribution in [0.1, 0.15) is 0 Å².